The summed E-state index contributed by atoms with van der Waals surface area (Å²) < 4.78 is 5.71. The number of ketones is 1. The van der Waals surface area contributed by atoms with Crippen molar-refractivity contribution in [2.75, 3.05) is 5.32 Å². The van der Waals surface area contributed by atoms with Crippen LogP contribution >= 0.6 is 0 Å². The minimum absolute atomic E-state index is 0.0250. The highest BCUT2D eigenvalue weighted by atomic mass is 16.5. The summed E-state index contributed by atoms with van der Waals surface area (Å²) in [5.41, 5.74) is 1.99. The van der Waals surface area contributed by atoms with Crippen LogP contribution in [-0.2, 0) is 11.2 Å². The Kier molecular flexibility index (Phi) is 5.52. The number of ether oxygens (including phenoxy) is 1. The number of hydrogen-bond donors (Lipinski definition) is 1. The molecule has 2 aromatic carbocycles. The Bertz CT molecular complexity index is 693. The van der Waals surface area contributed by atoms with Gasteiger partial charge in [-0.15, -0.1) is 0 Å². The molecule has 0 radical (unpaired) electrons. The van der Waals surface area contributed by atoms with Gasteiger partial charge in [0, 0.05) is 5.56 Å². The van der Waals surface area contributed by atoms with Gasteiger partial charge in [0.05, 0.1) is 18.2 Å². The minimum Gasteiger partial charge on any atom is -0.489 e. The molecule has 2 rings (SSSR count). The van der Waals surface area contributed by atoms with Gasteiger partial charge in [0.2, 0.25) is 5.91 Å². The lowest BCUT2D eigenvalue weighted by Crippen LogP contribution is -2.16. The lowest BCUT2D eigenvalue weighted by atomic mass is 10.1. The summed E-state index contributed by atoms with van der Waals surface area (Å²) in [7, 11) is 0. The molecule has 0 unspecified atom stereocenters. The topological polar surface area (TPSA) is 55.4 Å². The average Bonchev–Trinajstić information content (AvgIpc) is 2.49. The van der Waals surface area contributed by atoms with Gasteiger partial charge >= 0.3 is 0 Å². The van der Waals surface area contributed by atoms with Gasteiger partial charge in [-0.05, 0) is 44.5 Å². The molecule has 1 N–H and O–H groups in total. The molecule has 2 aromatic rings. The predicted octanol–water partition coefficient (Wildman–Crippen LogP) is 3.86. The Morgan fingerprint density at radius 2 is 1.78 bits per heavy atom. The third-order valence-electron chi connectivity index (χ3n) is 3.23. The molecule has 0 saturated heterocycles. The van der Waals surface area contributed by atoms with E-state index in [2.05, 4.69) is 5.32 Å². The summed E-state index contributed by atoms with van der Waals surface area (Å²) in [6.07, 6.45) is 0.245. The van der Waals surface area contributed by atoms with Crippen LogP contribution < -0.4 is 10.1 Å². The molecule has 23 heavy (non-hydrogen) atoms. The molecule has 0 saturated carbocycles. The van der Waals surface area contributed by atoms with Crippen LogP contribution in [0.2, 0.25) is 0 Å². The SMILES string of the molecule is CC(=O)c1ccc(OC(C)C)c(NC(=O)Cc2ccccc2)c1. The molecule has 120 valence electrons. The molecular formula is C19H21NO3. The van der Waals surface area contributed by atoms with Crippen LogP contribution in [0.3, 0.4) is 0 Å². The normalized spacial score (nSPS) is 10.4. The van der Waals surface area contributed by atoms with Crippen LogP contribution in [0.5, 0.6) is 5.75 Å². The molecule has 0 aliphatic rings. The number of benzene rings is 2. The van der Waals surface area contributed by atoms with E-state index in [0.29, 0.717) is 17.0 Å². The first-order chi connectivity index (χ1) is 11.0. The quantitative estimate of drug-likeness (QED) is 0.824. The molecule has 0 aliphatic heterocycles. The van der Waals surface area contributed by atoms with Gasteiger partial charge in [-0.3, -0.25) is 9.59 Å². The average molecular weight is 311 g/mol. The van der Waals surface area contributed by atoms with Crippen molar-refractivity contribution in [3.8, 4) is 5.75 Å². The van der Waals surface area contributed by atoms with Crippen LogP contribution in [0.1, 0.15) is 36.7 Å². The Morgan fingerprint density at radius 3 is 2.39 bits per heavy atom. The maximum atomic E-state index is 12.2. The monoisotopic (exact) mass is 311 g/mol. The van der Waals surface area contributed by atoms with Crippen molar-refractivity contribution in [1.82, 2.24) is 0 Å². The maximum Gasteiger partial charge on any atom is 0.228 e. The molecule has 0 fully saturated rings. The highest BCUT2D eigenvalue weighted by molar-refractivity contribution is 5.98. The lowest BCUT2D eigenvalue weighted by Gasteiger charge is -2.16. The molecule has 0 heterocycles. The third kappa shape index (κ3) is 4.95. The fourth-order valence-corrected chi connectivity index (χ4v) is 2.18. The Balaban J connectivity index is 2.20. The molecule has 1 amide bonds. The van der Waals surface area contributed by atoms with Crippen molar-refractivity contribution in [2.45, 2.75) is 33.3 Å². The Morgan fingerprint density at radius 1 is 1.09 bits per heavy atom. The maximum absolute atomic E-state index is 12.2. The van der Waals surface area contributed by atoms with E-state index in [0.717, 1.165) is 5.56 Å². The van der Waals surface area contributed by atoms with Crippen LogP contribution in [0, 0.1) is 0 Å². The molecule has 4 nitrogen and oxygen atoms in total. The molecule has 0 aliphatic carbocycles. The smallest absolute Gasteiger partial charge is 0.228 e. The fraction of sp³-hybridized carbons (Fsp3) is 0.263. The third-order valence-corrected chi connectivity index (χ3v) is 3.23. The zero-order valence-electron chi connectivity index (χ0n) is 13.6. The first-order valence-corrected chi connectivity index (χ1v) is 7.61. The molecule has 0 aromatic heterocycles. The van der Waals surface area contributed by atoms with E-state index < -0.39 is 0 Å². The van der Waals surface area contributed by atoms with E-state index in [-0.39, 0.29) is 24.2 Å². The number of nitrogens with one attached hydrogen (secondary N) is 1. The van der Waals surface area contributed by atoms with Crippen LogP contribution in [-0.4, -0.2) is 17.8 Å². The fourth-order valence-electron chi connectivity index (χ4n) is 2.18. The van der Waals surface area contributed by atoms with Gasteiger partial charge in [-0.2, -0.15) is 0 Å². The van der Waals surface area contributed by atoms with E-state index in [4.69, 9.17) is 4.74 Å². The number of Topliss-reactive ketones (excluding diaryl/α,β-unsaturated/α-hetero) is 1. The van der Waals surface area contributed by atoms with E-state index >= 15 is 0 Å². The first-order valence-electron chi connectivity index (χ1n) is 7.61. The van der Waals surface area contributed by atoms with Crippen molar-refractivity contribution in [3.05, 3.63) is 59.7 Å². The second-order valence-corrected chi connectivity index (χ2v) is 5.64. The van der Waals surface area contributed by atoms with E-state index in [1.165, 1.54) is 6.92 Å². The molecule has 0 bridgehead atoms. The number of carbonyl (C=O) groups excluding carboxylic acids is 2. The summed E-state index contributed by atoms with van der Waals surface area (Å²) in [5, 5.41) is 2.84. The van der Waals surface area contributed by atoms with Crippen molar-refractivity contribution in [3.63, 3.8) is 0 Å². The van der Waals surface area contributed by atoms with Gasteiger partial charge in [0.15, 0.2) is 5.78 Å². The van der Waals surface area contributed by atoms with E-state index in [1.807, 2.05) is 44.2 Å². The first kappa shape index (κ1) is 16.7. The summed E-state index contributed by atoms with van der Waals surface area (Å²) in [5.74, 6) is 0.358. The Hall–Kier alpha value is -2.62. The zero-order chi connectivity index (χ0) is 16.8. The second-order valence-electron chi connectivity index (χ2n) is 5.64. The molecule has 4 heteroatoms. The van der Waals surface area contributed by atoms with Gasteiger partial charge in [0.25, 0.3) is 0 Å². The summed E-state index contributed by atoms with van der Waals surface area (Å²) in [6, 6.07) is 14.6. The summed E-state index contributed by atoms with van der Waals surface area (Å²) >= 11 is 0. The van der Waals surface area contributed by atoms with Gasteiger partial charge in [-0.25, -0.2) is 0 Å². The van der Waals surface area contributed by atoms with Crippen molar-refractivity contribution >= 4 is 17.4 Å². The Labute approximate surface area is 136 Å². The lowest BCUT2D eigenvalue weighted by molar-refractivity contribution is -0.115. The van der Waals surface area contributed by atoms with E-state index in [9.17, 15) is 9.59 Å². The number of hydrogen-bond acceptors (Lipinski definition) is 3. The minimum atomic E-state index is -0.148. The molecule has 0 spiro atoms. The summed E-state index contributed by atoms with van der Waals surface area (Å²) in [6.45, 7) is 5.32. The predicted molar refractivity (Wildman–Crippen MR) is 91.0 cm³/mol. The van der Waals surface area contributed by atoms with Crippen molar-refractivity contribution in [2.24, 2.45) is 0 Å². The number of rotatable bonds is 6. The highest BCUT2D eigenvalue weighted by Crippen LogP contribution is 2.27. The van der Waals surface area contributed by atoms with E-state index in [1.54, 1.807) is 18.2 Å². The highest BCUT2D eigenvalue weighted by Gasteiger charge is 2.12. The van der Waals surface area contributed by atoms with Gasteiger partial charge in [-0.1, -0.05) is 30.3 Å². The van der Waals surface area contributed by atoms with Crippen LogP contribution in [0.4, 0.5) is 5.69 Å². The van der Waals surface area contributed by atoms with Crippen molar-refractivity contribution in [1.29, 1.82) is 0 Å². The molecule has 0 atom stereocenters. The number of anilines is 1. The van der Waals surface area contributed by atoms with Crippen molar-refractivity contribution < 1.29 is 14.3 Å². The number of carbonyl (C=O) groups is 2. The largest absolute Gasteiger partial charge is 0.489 e. The van der Waals surface area contributed by atoms with Gasteiger partial charge in [0.1, 0.15) is 5.75 Å². The van der Waals surface area contributed by atoms with Crippen LogP contribution in [0.15, 0.2) is 48.5 Å². The second kappa shape index (κ2) is 7.58. The van der Waals surface area contributed by atoms with Gasteiger partial charge < -0.3 is 10.1 Å². The summed E-state index contributed by atoms with van der Waals surface area (Å²) in [4.78, 5) is 23.8. The number of amides is 1. The van der Waals surface area contributed by atoms with Crippen LogP contribution in [0.25, 0.3) is 0 Å². The molecular weight excluding hydrogens is 290 g/mol. The zero-order valence-corrected chi connectivity index (χ0v) is 13.6. The standard InChI is InChI=1S/C19H21NO3/c1-13(2)23-18-10-9-16(14(3)21)12-17(18)20-19(22)11-15-7-5-4-6-8-15/h4-10,12-13H,11H2,1-3H3,(H,20,22).